The second-order valence-electron chi connectivity index (χ2n) is 5.53. The third kappa shape index (κ3) is 3.57. The molecule has 1 saturated heterocycles. The van der Waals surface area contributed by atoms with Gasteiger partial charge in [-0.25, -0.2) is 4.68 Å². The summed E-state index contributed by atoms with van der Waals surface area (Å²) in [6.45, 7) is 5.97. The molecular formula is C16H19Cl2N3O. The van der Waals surface area contributed by atoms with Crippen LogP contribution in [-0.4, -0.2) is 40.9 Å². The first-order valence-corrected chi connectivity index (χ1v) is 8.26. The van der Waals surface area contributed by atoms with E-state index in [2.05, 4.69) is 10.00 Å². The lowest BCUT2D eigenvalue weighted by Gasteiger charge is -2.13. The Hall–Kier alpha value is -1.23. The van der Waals surface area contributed by atoms with E-state index >= 15 is 0 Å². The Morgan fingerprint density at radius 3 is 2.64 bits per heavy atom. The van der Waals surface area contributed by atoms with E-state index in [9.17, 15) is 0 Å². The molecule has 1 aromatic carbocycles. The highest BCUT2D eigenvalue weighted by Gasteiger charge is 2.12. The van der Waals surface area contributed by atoms with Gasteiger partial charge in [-0.1, -0.05) is 23.2 Å². The molecule has 2 heterocycles. The maximum Gasteiger partial charge on any atom is 0.233 e. The van der Waals surface area contributed by atoms with Crippen molar-refractivity contribution in [3.05, 3.63) is 40.0 Å². The van der Waals surface area contributed by atoms with Crippen LogP contribution in [0.4, 0.5) is 0 Å². The van der Waals surface area contributed by atoms with Crippen molar-refractivity contribution in [1.82, 2.24) is 14.7 Å². The molecule has 0 unspecified atom stereocenters. The molecule has 6 heteroatoms. The summed E-state index contributed by atoms with van der Waals surface area (Å²) in [4.78, 5) is 2.42. The van der Waals surface area contributed by atoms with Crippen LogP contribution in [0.3, 0.4) is 0 Å². The average Bonchev–Trinajstić information content (AvgIpc) is 3.12. The van der Waals surface area contributed by atoms with Gasteiger partial charge in [0.05, 0.1) is 15.7 Å². The van der Waals surface area contributed by atoms with Crippen LogP contribution in [0.15, 0.2) is 24.3 Å². The van der Waals surface area contributed by atoms with E-state index in [0.717, 1.165) is 17.9 Å². The topological polar surface area (TPSA) is 30.3 Å². The summed E-state index contributed by atoms with van der Waals surface area (Å²) in [5.74, 6) is 0.641. The molecule has 1 fully saturated rings. The Morgan fingerprint density at radius 1 is 1.14 bits per heavy atom. The molecule has 118 valence electrons. The van der Waals surface area contributed by atoms with Crippen LogP contribution in [-0.2, 0) is 0 Å². The van der Waals surface area contributed by atoms with Gasteiger partial charge in [-0.15, -0.1) is 5.10 Å². The molecule has 4 nitrogen and oxygen atoms in total. The zero-order valence-electron chi connectivity index (χ0n) is 12.6. The van der Waals surface area contributed by atoms with Crippen LogP contribution in [0, 0.1) is 6.92 Å². The summed E-state index contributed by atoms with van der Waals surface area (Å²) < 4.78 is 7.59. The van der Waals surface area contributed by atoms with Gasteiger partial charge in [-0.2, -0.15) is 0 Å². The van der Waals surface area contributed by atoms with E-state index < -0.39 is 0 Å². The van der Waals surface area contributed by atoms with Gasteiger partial charge in [-0.05, 0) is 51.1 Å². The fourth-order valence-electron chi connectivity index (χ4n) is 2.68. The molecule has 0 amide bonds. The first kappa shape index (κ1) is 15.7. The first-order valence-electron chi connectivity index (χ1n) is 7.51. The molecule has 0 atom stereocenters. The largest absolute Gasteiger partial charge is 0.475 e. The molecule has 0 N–H and O–H groups in total. The minimum absolute atomic E-state index is 0.519. The molecule has 0 aliphatic carbocycles. The minimum atomic E-state index is 0.519. The normalized spacial score (nSPS) is 15.4. The summed E-state index contributed by atoms with van der Waals surface area (Å²) in [7, 11) is 0. The Morgan fingerprint density at radius 2 is 1.91 bits per heavy atom. The number of likely N-dealkylation sites (tertiary alicyclic amines) is 1. The summed E-state index contributed by atoms with van der Waals surface area (Å²) in [5, 5.41) is 5.55. The highest BCUT2D eigenvalue weighted by Crippen LogP contribution is 2.25. The predicted molar refractivity (Wildman–Crippen MR) is 89.5 cm³/mol. The third-order valence-electron chi connectivity index (χ3n) is 3.87. The Labute approximate surface area is 140 Å². The van der Waals surface area contributed by atoms with Gasteiger partial charge in [0, 0.05) is 18.3 Å². The van der Waals surface area contributed by atoms with Crippen molar-refractivity contribution in [2.45, 2.75) is 19.8 Å². The molecule has 0 bridgehead atoms. The predicted octanol–water partition coefficient (Wildman–Crippen LogP) is 3.96. The van der Waals surface area contributed by atoms with E-state index in [0.29, 0.717) is 22.5 Å². The average molecular weight is 340 g/mol. The minimum Gasteiger partial charge on any atom is -0.475 e. The first-order chi connectivity index (χ1) is 10.6. The number of benzene rings is 1. The summed E-state index contributed by atoms with van der Waals surface area (Å²) in [6, 6.07) is 7.40. The number of nitrogens with zero attached hydrogens (tertiary/aromatic N) is 3. The molecule has 0 saturated carbocycles. The summed E-state index contributed by atoms with van der Waals surface area (Å²) in [6.07, 6.45) is 2.59. The van der Waals surface area contributed by atoms with Crippen LogP contribution in [0.25, 0.3) is 5.69 Å². The fraction of sp³-hybridized carbons (Fsp3) is 0.438. The molecule has 2 aromatic rings. The van der Waals surface area contributed by atoms with E-state index in [-0.39, 0.29) is 0 Å². The van der Waals surface area contributed by atoms with Gasteiger partial charge in [0.25, 0.3) is 0 Å². The van der Waals surface area contributed by atoms with Crippen LogP contribution >= 0.6 is 23.2 Å². The van der Waals surface area contributed by atoms with E-state index in [1.54, 1.807) is 12.1 Å². The summed E-state index contributed by atoms with van der Waals surface area (Å²) in [5.41, 5.74) is 1.87. The number of hydrogen-bond donors (Lipinski definition) is 0. The van der Waals surface area contributed by atoms with Crippen LogP contribution in [0.1, 0.15) is 18.5 Å². The van der Waals surface area contributed by atoms with Crippen molar-refractivity contribution < 1.29 is 4.74 Å². The lowest BCUT2D eigenvalue weighted by atomic mass is 10.3. The zero-order valence-corrected chi connectivity index (χ0v) is 14.1. The number of aryl methyl sites for hydroxylation is 1. The Kier molecular flexibility index (Phi) is 4.91. The molecule has 0 spiro atoms. The van der Waals surface area contributed by atoms with Crippen molar-refractivity contribution in [3.63, 3.8) is 0 Å². The third-order valence-corrected chi connectivity index (χ3v) is 4.61. The van der Waals surface area contributed by atoms with Gasteiger partial charge in [0.2, 0.25) is 5.88 Å². The van der Waals surface area contributed by atoms with Crippen LogP contribution in [0.5, 0.6) is 5.88 Å². The highest BCUT2D eigenvalue weighted by atomic mass is 35.5. The molecular weight excluding hydrogens is 321 g/mol. The van der Waals surface area contributed by atoms with Crippen molar-refractivity contribution in [3.8, 4) is 11.6 Å². The van der Waals surface area contributed by atoms with Crippen LogP contribution < -0.4 is 4.74 Å². The number of ether oxygens (including phenoxy) is 1. The maximum absolute atomic E-state index is 6.07. The van der Waals surface area contributed by atoms with Gasteiger partial charge < -0.3 is 4.74 Å². The molecule has 22 heavy (non-hydrogen) atoms. The summed E-state index contributed by atoms with van der Waals surface area (Å²) >= 11 is 12.0. The van der Waals surface area contributed by atoms with Crippen molar-refractivity contribution in [1.29, 1.82) is 0 Å². The molecule has 1 aromatic heterocycles. The molecule has 1 aliphatic rings. The van der Waals surface area contributed by atoms with Gasteiger partial charge in [0.1, 0.15) is 6.61 Å². The molecule has 0 radical (unpaired) electrons. The molecule has 3 rings (SSSR count). The number of hydrogen-bond acceptors (Lipinski definition) is 3. The number of halogens is 2. The number of aromatic nitrogens is 2. The van der Waals surface area contributed by atoms with Gasteiger partial charge >= 0.3 is 0 Å². The maximum atomic E-state index is 6.07. The van der Waals surface area contributed by atoms with Crippen molar-refractivity contribution in [2.75, 3.05) is 26.2 Å². The van der Waals surface area contributed by atoms with E-state index in [4.69, 9.17) is 27.9 Å². The highest BCUT2D eigenvalue weighted by molar-refractivity contribution is 6.42. The van der Waals surface area contributed by atoms with Crippen molar-refractivity contribution in [2.24, 2.45) is 0 Å². The fourth-order valence-corrected chi connectivity index (χ4v) is 2.97. The Bertz CT molecular complexity index is 651. The van der Waals surface area contributed by atoms with E-state index in [1.807, 2.05) is 23.7 Å². The lowest BCUT2D eigenvalue weighted by Crippen LogP contribution is -2.25. The second kappa shape index (κ2) is 6.90. The van der Waals surface area contributed by atoms with Gasteiger partial charge in [0.15, 0.2) is 0 Å². The Balaban J connectivity index is 1.66. The zero-order chi connectivity index (χ0) is 15.5. The van der Waals surface area contributed by atoms with Gasteiger partial charge in [-0.3, -0.25) is 4.90 Å². The SMILES string of the molecule is Cc1cc(OCCN2CCCC2)nn1-c1ccc(Cl)c(Cl)c1. The number of rotatable bonds is 5. The van der Waals surface area contributed by atoms with E-state index in [1.165, 1.54) is 25.9 Å². The molecule has 1 aliphatic heterocycles. The smallest absolute Gasteiger partial charge is 0.233 e. The quantitative estimate of drug-likeness (QED) is 0.825. The standard InChI is InChI=1S/C16H19Cl2N3O/c1-12-10-16(22-9-8-20-6-2-3-7-20)19-21(12)13-4-5-14(17)15(18)11-13/h4-5,10-11H,2-3,6-9H2,1H3. The van der Waals surface area contributed by atoms with Crippen molar-refractivity contribution >= 4 is 23.2 Å². The second-order valence-corrected chi connectivity index (χ2v) is 6.35. The lowest BCUT2D eigenvalue weighted by molar-refractivity contribution is 0.231. The monoisotopic (exact) mass is 339 g/mol. The van der Waals surface area contributed by atoms with Crippen LogP contribution in [0.2, 0.25) is 10.0 Å².